The van der Waals surface area contributed by atoms with Crippen molar-refractivity contribution in [1.29, 1.82) is 0 Å². The van der Waals surface area contributed by atoms with Crippen LogP contribution in [0.4, 0.5) is 8.78 Å². The molecule has 4 rings (SSSR count). The van der Waals surface area contributed by atoms with E-state index in [9.17, 15) is 23.5 Å². The van der Waals surface area contributed by atoms with Gasteiger partial charge < -0.3 is 14.7 Å². The lowest BCUT2D eigenvalue weighted by Crippen LogP contribution is -2.49. The summed E-state index contributed by atoms with van der Waals surface area (Å²) in [6.07, 6.45) is -0.694. The van der Waals surface area contributed by atoms with Gasteiger partial charge in [-0.15, -0.1) is 0 Å². The quantitative estimate of drug-likeness (QED) is 0.504. The average Bonchev–Trinajstić information content (AvgIpc) is 3.24. The monoisotopic (exact) mass is 482 g/mol. The van der Waals surface area contributed by atoms with Crippen LogP contribution in [0.25, 0.3) is 11.1 Å². The molecule has 0 spiro atoms. The number of carbonyl (C=O) groups is 2. The molecule has 0 unspecified atom stereocenters. The van der Waals surface area contributed by atoms with Crippen LogP contribution in [0, 0.1) is 11.6 Å². The van der Waals surface area contributed by atoms with Crippen LogP contribution in [0.3, 0.4) is 0 Å². The highest BCUT2D eigenvalue weighted by Crippen LogP contribution is 2.26. The number of carbonyl (C=O) groups excluding carboxylic acids is 2. The lowest BCUT2D eigenvalue weighted by molar-refractivity contribution is -0.137. The smallest absolute Gasteiger partial charge is 0.268 e. The summed E-state index contributed by atoms with van der Waals surface area (Å²) in [6.45, 7) is 0.408. The van der Waals surface area contributed by atoms with Crippen molar-refractivity contribution in [1.82, 2.24) is 10.4 Å². The maximum absolute atomic E-state index is 14.0. The van der Waals surface area contributed by atoms with Gasteiger partial charge in [-0.3, -0.25) is 14.4 Å². The van der Waals surface area contributed by atoms with E-state index < -0.39 is 29.7 Å². The number of nitrogens with zero attached hydrogens (tertiary/aromatic N) is 1. The molecule has 0 aromatic heterocycles. The van der Waals surface area contributed by atoms with Gasteiger partial charge in [0, 0.05) is 23.7 Å². The van der Waals surface area contributed by atoms with Gasteiger partial charge in [0.2, 0.25) is 0 Å². The molecular weight excluding hydrogens is 458 g/mol. The standard InChI is InChI=1S/C26H24F2N2O5/c1-34-29-25(32)24-23(31)11-12-30(24)26(33)18-4-2-3-16(13-18)15-35-20-8-5-17(6-9-20)21-10-7-19(27)14-22(21)28/h2-10,13-14,23-24,31H,11-12,15H2,1H3,(H,29,32)/t23-,24-/m0/s1. The first-order valence-electron chi connectivity index (χ1n) is 11.0. The summed E-state index contributed by atoms with van der Waals surface area (Å²) in [5.74, 6) is -1.72. The van der Waals surface area contributed by atoms with Gasteiger partial charge >= 0.3 is 0 Å². The van der Waals surface area contributed by atoms with Crippen LogP contribution in [0.5, 0.6) is 5.75 Å². The predicted octanol–water partition coefficient (Wildman–Crippen LogP) is 3.46. The van der Waals surface area contributed by atoms with E-state index in [4.69, 9.17) is 4.74 Å². The van der Waals surface area contributed by atoms with Crippen molar-refractivity contribution in [3.8, 4) is 16.9 Å². The number of ether oxygens (including phenoxy) is 1. The summed E-state index contributed by atoms with van der Waals surface area (Å²) < 4.78 is 32.9. The third-order valence-electron chi connectivity index (χ3n) is 5.77. The molecule has 1 fully saturated rings. The normalized spacial score (nSPS) is 17.3. The summed E-state index contributed by atoms with van der Waals surface area (Å²) in [7, 11) is 1.28. The van der Waals surface area contributed by atoms with Gasteiger partial charge in [0.15, 0.2) is 0 Å². The Bertz CT molecular complexity index is 1220. The lowest BCUT2D eigenvalue weighted by atomic mass is 10.1. The Kier molecular flexibility index (Phi) is 7.38. The number of aliphatic hydroxyl groups excluding tert-OH is 1. The number of aliphatic hydroxyl groups is 1. The van der Waals surface area contributed by atoms with Gasteiger partial charge in [0.25, 0.3) is 11.8 Å². The minimum Gasteiger partial charge on any atom is -0.489 e. The zero-order valence-electron chi connectivity index (χ0n) is 18.9. The fourth-order valence-electron chi connectivity index (χ4n) is 4.06. The molecule has 1 saturated heterocycles. The number of benzene rings is 3. The van der Waals surface area contributed by atoms with Crippen LogP contribution < -0.4 is 10.2 Å². The first-order valence-corrected chi connectivity index (χ1v) is 11.0. The highest BCUT2D eigenvalue weighted by molar-refractivity contribution is 5.98. The largest absolute Gasteiger partial charge is 0.489 e. The number of hydrogen-bond donors (Lipinski definition) is 2. The van der Waals surface area contributed by atoms with Crippen molar-refractivity contribution in [3.63, 3.8) is 0 Å². The summed E-state index contributed by atoms with van der Waals surface area (Å²) >= 11 is 0. The van der Waals surface area contributed by atoms with Crippen molar-refractivity contribution < 1.29 is 33.1 Å². The van der Waals surface area contributed by atoms with E-state index in [0.29, 0.717) is 16.9 Å². The zero-order valence-corrected chi connectivity index (χ0v) is 18.9. The highest BCUT2D eigenvalue weighted by Gasteiger charge is 2.41. The van der Waals surface area contributed by atoms with Crippen LogP contribution in [-0.2, 0) is 16.2 Å². The van der Waals surface area contributed by atoms with Gasteiger partial charge in [0.1, 0.15) is 30.0 Å². The number of amides is 2. The van der Waals surface area contributed by atoms with Gasteiger partial charge in [-0.1, -0.05) is 24.3 Å². The molecular formula is C26H24F2N2O5. The Balaban J connectivity index is 1.42. The summed E-state index contributed by atoms with van der Waals surface area (Å²) in [6, 6.07) is 15.9. The molecule has 2 atom stereocenters. The summed E-state index contributed by atoms with van der Waals surface area (Å²) in [5.41, 5.74) is 4.13. The molecule has 2 N–H and O–H groups in total. The van der Waals surface area contributed by atoms with Gasteiger partial charge in [-0.25, -0.2) is 14.3 Å². The first-order chi connectivity index (χ1) is 16.9. The van der Waals surface area contributed by atoms with E-state index in [1.54, 1.807) is 48.5 Å². The lowest BCUT2D eigenvalue weighted by Gasteiger charge is -2.25. The summed E-state index contributed by atoms with van der Waals surface area (Å²) in [4.78, 5) is 31.2. The van der Waals surface area contributed by atoms with Crippen molar-refractivity contribution in [3.05, 3.63) is 89.5 Å². The predicted molar refractivity (Wildman–Crippen MR) is 123 cm³/mol. The molecule has 0 radical (unpaired) electrons. The van der Waals surface area contributed by atoms with Gasteiger partial charge in [-0.05, 0) is 53.9 Å². The van der Waals surface area contributed by atoms with Gasteiger partial charge in [-0.2, -0.15) is 0 Å². The molecule has 1 heterocycles. The van der Waals surface area contributed by atoms with Crippen LogP contribution in [0.2, 0.25) is 0 Å². The van der Waals surface area contributed by atoms with Crippen molar-refractivity contribution in [2.45, 2.75) is 25.2 Å². The molecule has 3 aromatic rings. The molecule has 1 aliphatic rings. The Morgan fingerprint density at radius 3 is 2.57 bits per heavy atom. The molecule has 0 bridgehead atoms. The van der Waals surface area contributed by atoms with E-state index in [2.05, 4.69) is 10.3 Å². The van der Waals surface area contributed by atoms with Crippen LogP contribution in [-0.4, -0.2) is 47.6 Å². The number of hydrogen-bond acceptors (Lipinski definition) is 5. The second kappa shape index (κ2) is 10.6. The molecule has 35 heavy (non-hydrogen) atoms. The van der Waals surface area contributed by atoms with E-state index in [1.165, 1.54) is 24.1 Å². The fourth-order valence-corrected chi connectivity index (χ4v) is 4.06. The summed E-state index contributed by atoms with van der Waals surface area (Å²) in [5, 5.41) is 10.2. The van der Waals surface area contributed by atoms with Crippen molar-refractivity contribution in [2.24, 2.45) is 0 Å². The van der Waals surface area contributed by atoms with Crippen LogP contribution in [0.15, 0.2) is 66.7 Å². The van der Waals surface area contributed by atoms with Crippen LogP contribution in [0.1, 0.15) is 22.3 Å². The number of likely N-dealkylation sites (tertiary alicyclic amines) is 1. The molecule has 1 aliphatic heterocycles. The first kappa shape index (κ1) is 24.3. The average molecular weight is 482 g/mol. The Morgan fingerprint density at radius 2 is 1.86 bits per heavy atom. The van der Waals surface area contributed by atoms with E-state index >= 15 is 0 Å². The second-order valence-electron chi connectivity index (χ2n) is 8.11. The topological polar surface area (TPSA) is 88.1 Å². The zero-order chi connectivity index (χ0) is 24.9. The fraction of sp³-hybridized carbons (Fsp3) is 0.231. The number of halogens is 2. The third-order valence-corrected chi connectivity index (χ3v) is 5.77. The van der Waals surface area contributed by atoms with E-state index in [0.717, 1.165) is 11.6 Å². The molecule has 182 valence electrons. The van der Waals surface area contributed by atoms with E-state index in [-0.39, 0.29) is 31.0 Å². The Labute approximate surface area is 200 Å². The molecule has 2 amide bonds. The minimum absolute atomic E-state index is 0.168. The van der Waals surface area contributed by atoms with Gasteiger partial charge in [0.05, 0.1) is 13.2 Å². The van der Waals surface area contributed by atoms with Crippen LogP contribution >= 0.6 is 0 Å². The van der Waals surface area contributed by atoms with Crippen molar-refractivity contribution in [2.75, 3.05) is 13.7 Å². The SMILES string of the molecule is CONC(=O)[C@@H]1[C@@H](O)CCN1C(=O)c1cccc(COc2ccc(-c3ccc(F)cc3F)cc2)c1. The van der Waals surface area contributed by atoms with Crippen molar-refractivity contribution >= 4 is 11.8 Å². The molecule has 0 saturated carbocycles. The molecule has 9 heteroatoms. The Morgan fingerprint density at radius 1 is 1.09 bits per heavy atom. The molecule has 0 aliphatic carbocycles. The minimum atomic E-state index is -1.04. The third kappa shape index (κ3) is 5.47. The number of rotatable bonds is 7. The number of nitrogens with one attached hydrogen (secondary N) is 1. The van der Waals surface area contributed by atoms with E-state index in [1.807, 2.05) is 0 Å². The number of hydroxylamine groups is 1. The Hall–Kier alpha value is -3.82. The highest BCUT2D eigenvalue weighted by atomic mass is 19.1. The molecule has 3 aromatic carbocycles. The second-order valence-corrected chi connectivity index (χ2v) is 8.11. The molecule has 7 nitrogen and oxygen atoms in total. The maximum atomic E-state index is 14.0. The maximum Gasteiger partial charge on any atom is 0.268 e.